The molecule has 0 aromatic heterocycles. The number of hydrogen-bond acceptors (Lipinski definition) is 4. The summed E-state index contributed by atoms with van der Waals surface area (Å²) in [6.45, 7) is 0. The molecule has 120 valence electrons. The number of benzene rings is 2. The van der Waals surface area contributed by atoms with Gasteiger partial charge in [-0.1, -0.05) is 23.7 Å². The lowest BCUT2D eigenvalue weighted by Crippen LogP contribution is -2.12. The van der Waals surface area contributed by atoms with Crippen molar-refractivity contribution >= 4 is 46.7 Å². The van der Waals surface area contributed by atoms with Crippen molar-refractivity contribution in [1.29, 1.82) is 0 Å². The Labute approximate surface area is 149 Å². The zero-order valence-electron chi connectivity index (χ0n) is 12.5. The fraction of sp³-hybridized carbons (Fsp3) is 0.235. The highest BCUT2D eigenvalue weighted by Crippen LogP contribution is 2.45. The van der Waals surface area contributed by atoms with Gasteiger partial charge in [-0.05, 0) is 35.9 Å². The second-order valence-corrected chi connectivity index (χ2v) is 8.16. The number of carbonyl (C=O) groups excluding carboxylic acids is 1. The van der Waals surface area contributed by atoms with Crippen molar-refractivity contribution in [3.8, 4) is 5.75 Å². The molecule has 2 aromatic carbocycles. The van der Waals surface area contributed by atoms with E-state index in [0.29, 0.717) is 26.6 Å². The smallest absolute Gasteiger partial charge is 0.255 e. The lowest BCUT2D eigenvalue weighted by Gasteiger charge is -2.12. The number of anilines is 1. The van der Waals surface area contributed by atoms with Gasteiger partial charge in [0.05, 0.1) is 17.4 Å². The van der Waals surface area contributed by atoms with Gasteiger partial charge in [0, 0.05) is 22.1 Å². The van der Waals surface area contributed by atoms with Crippen LogP contribution in [0.1, 0.15) is 20.5 Å². The molecule has 1 heterocycles. The molecule has 1 saturated heterocycles. The third-order valence-electron chi connectivity index (χ3n) is 3.48. The normalized spacial score (nSPS) is 14.7. The van der Waals surface area contributed by atoms with Crippen molar-refractivity contribution < 1.29 is 9.53 Å². The van der Waals surface area contributed by atoms with Gasteiger partial charge in [-0.15, -0.1) is 23.5 Å². The van der Waals surface area contributed by atoms with E-state index in [1.54, 1.807) is 25.3 Å². The van der Waals surface area contributed by atoms with E-state index < -0.39 is 0 Å². The molecule has 0 aliphatic carbocycles. The van der Waals surface area contributed by atoms with Crippen LogP contribution in [0.4, 0.5) is 5.69 Å². The van der Waals surface area contributed by atoms with Crippen molar-refractivity contribution in [2.24, 2.45) is 0 Å². The molecule has 0 bridgehead atoms. The van der Waals surface area contributed by atoms with Gasteiger partial charge in [-0.25, -0.2) is 0 Å². The number of halogens is 1. The number of amides is 1. The molecule has 0 unspecified atom stereocenters. The summed E-state index contributed by atoms with van der Waals surface area (Å²) in [5.41, 5.74) is 2.44. The second kappa shape index (κ2) is 7.51. The van der Waals surface area contributed by atoms with E-state index in [1.165, 1.54) is 17.1 Å². The molecule has 1 amide bonds. The van der Waals surface area contributed by atoms with Gasteiger partial charge in [-0.3, -0.25) is 4.79 Å². The molecule has 0 spiro atoms. The number of thioether (sulfide) groups is 2. The van der Waals surface area contributed by atoms with Crippen molar-refractivity contribution in [2.45, 2.75) is 4.58 Å². The zero-order valence-corrected chi connectivity index (χ0v) is 14.9. The van der Waals surface area contributed by atoms with Crippen LogP contribution >= 0.6 is 35.1 Å². The van der Waals surface area contributed by atoms with E-state index >= 15 is 0 Å². The first-order valence-corrected chi connectivity index (χ1v) is 9.63. The molecule has 2 aromatic rings. The highest BCUT2D eigenvalue weighted by molar-refractivity contribution is 8.19. The molecule has 0 atom stereocenters. The topological polar surface area (TPSA) is 38.3 Å². The van der Waals surface area contributed by atoms with Crippen molar-refractivity contribution in [1.82, 2.24) is 0 Å². The molecular formula is C17H16ClNO2S2. The van der Waals surface area contributed by atoms with Gasteiger partial charge in [-0.2, -0.15) is 0 Å². The maximum atomic E-state index is 12.4. The minimum absolute atomic E-state index is 0.177. The van der Waals surface area contributed by atoms with E-state index in [9.17, 15) is 4.79 Å². The largest absolute Gasteiger partial charge is 0.495 e. The molecule has 1 fully saturated rings. The SMILES string of the molecule is COc1ccc(Cl)cc1NC(=O)c1ccc(C2SCCS2)cc1. The summed E-state index contributed by atoms with van der Waals surface area (Å²) < 4.78 is 5.73. The van der Waals surface area contributed by atoms with E-state index in [4.69, 9.17) is 16.3 Å². The molecule has 0 radical (unpaired) electrons. The minimum atomic E-state index is -0.177. The zero-order chi connectivity index (χ0) is 16.2. The molecule has 1 aliphatic heterocycles. The fourth-order valence-electron chi connectivity index (χ4n) is 2.31. The molecule has 1 aliphatic rings. The molecule has 3 rings (SSSR count). The quantitative estimate of drug-likeness (QED) is 0.820. The average molecular weight is 366 g/mol. The van der Waals surface area contributed by atoms with Crippen molar-refractivity contribution in [2.75, 3.05) is 23.9 Å². The Morgan fingerprint density at radius 1 is 1.17 bits per heavy atom. The van der Waals surface area contributed by atoms with Gasteiger partial charge >= 0.3 is 0 Å². The van der Waals surface area contributed by atoms with E-state index in [1.807, 2.05) is 47.8 Å². The number of nitrogens with one attached hydrogen (secondary N) is 1. The Hall–Kier alpha value is -1.30. The molecule has 1 N–H and O–H groups in total. The van der Waals surface area contributed by atoms with Crippen LogP contribution in [0.5, 0.6) is 5.75 Å². The summed E-state index contributed by atoms with van der Waals surface area (Å²) in [4.78, 5) is 12.4. The maximum absolute atomic E-state index is 12.4. The number of hydrogen-bond donors (Lipinski definition) is 1. The lowest BCUT2D eigenvalue weighted by atomic mass is 10.1. The van der Waals surface area contributed by atoms with E-state index in [-0.39, 0.29) is 5.91 Å². The van der Waals surface area contributed by atoms with Crippen LogP contribution in [0, 0.1) is 0 Å². The van der Waals surface area contributed by atoms with Crippen LogP contribution in [0.15, 0.2) is 42.5 Å². The summed E-state index contributed by atoms with van der Waals surface area (Å²) in [6, 6.07) is 12.9. The second-order valence-electron chi connectivity index (χ2n) is 4.99. The van der Waals surface area contributed by atoms with Crippen molar-refractivity contribution in [3.05, 3.63) is 58.6 Å². The van der Waals surface area contributed by atoms with Crippen LogP contribution in [0.25, 0.3) is 0 Å². The summed E-state index contributed by atoms with van der Waals surface area (Å²) in [6.07, 6.45) is 0. The lowest BCUT2D eigenvalue weighted by molar-refractivity contribution is 0.102. The third-order valence-corrected chi connectivity index (χ3v) is 6.82. The first-order valence-electron chi connectivity index (χ1n) is 7.15. The Morgan fingerprint density at radius 3 is 2.52 bits per heavy atom. The predicted molar refractivity (Wildman–Crippen MR) is 100 cm³/mol. The van der Waals surface area contributed by atoms with Gasteiger partial charge in [0.1, 0.15) is 5.75 Å². The Morgan fingerprint density at radius 2 is 1.87 bits per heavy atom. The summed E-state index contributed by atoms with van der Waals surface area (Å²) in [7, 11) is 1.56. The molecular weight excluding hydrogens is 350 g/mol. The maximum Gasteiger partial charge on any atom is 0.255 e. The Balaban J connectivity index is 1.74. The van der Waals surface area contributed by atoms with Gasteiger partial charge in [0.15, 0.2) is 0 Å². The monoisotopic (exact) mass is 365 g/mol. The molecule has 6 heteroatoms. The van der Waals surface area contributed by atoms with Crippen LogP contribution in [0.2, 0.25) is 5.02 Å². The van der Waals surface area contributed by atoms with Crippen molar-refractivity contribution in [3.63, 3.8) is 0 Å². The highest BCUT2D eigenvalue weighted by Gasteiger charge is 2.18. The third kappa shape index (κ3) is 3.97. The number of methoxy groups -OCH3 is 1. The first kappa shape index (κ1) is 16.6. The molecule has 3 nitrogen and oxygen atoms in total. The predicted octanol–water partition coefficient (Wildman–Crippen LogP) is 5.08. The number of ether oxygens (including phenoxy) is 1. The van der Waals surface area contributed by atoms with E-state index in [2.05, 4.69) is 5.32 Å². The minimum Gasteiger partial charge on any atom is -0.495 e. The van der Waals surface area contributed by atoms with Crippen LogP contribution < -0.4 is 10.1 Å². The van der Waals surface area contributed by atoms with Gasteiger partial charge in [0.2, 0.25) is 0 Å². The summed E-state index contributed by atoms with van der Waals surface area (Å²) >= 11 is 9.89. The molecule has 0 saturated carbocycles. The van der Waals surface area contributed by atoms with Crippen LogP contribution in [-0.4, -0.2) is 24.5 Å². The Bertz CT molecular complexity index is 700. The molecule has 23 heavy (non-hydrogen) atoms. The average Bonchev–Trinajstić information content (AvgIpc) is 3.10. The van der Waals surface area contributed by atoms with Crippen LogP contribution in [0.3, 0.4) is 0 Å². The van der Waals surface area contributed by atoms with Gasteiger partial charge in [0.25, 0.3) is 5.91 Å². The van der Waals surface area contributed by atoms with Crippen LogP contribution in [-0.2, 0) is 0 Å². The standard InChI is InChI=1S/C17H16ClNO2S2/c1-21-15-7-6-13(18)10-14(15)19-16(20)11-2-4-12(5-3-11)17-22-8-9-23-17/h2-7,10,17H,8-9H2,1H3,(H,19,20). The Kier molecular flexibility index (Phi) is 5.41. The highest BCUT2D eigenvalue weighted by atomic mass is 35.5. The fourth-order valence-corrected chi connectivity index (χ4v) is 5.35. The summed E-state index contributed by atoms with van der Waals surface area (Å²) in [5, 5.41) is 3.40. The first-order chi connectivity index (χ1) is 11.2. The number of carbonyl (C=O) groups is 1. The number of rotatable bonds is 4. The van der Waals surface area contributed by atoms with E-state index in [0.717, 1.165) is 0 Å². The van der Waals surface area contributed by atoms with Gasteiger partial charge < -0.3 is 10.1 Å². The summed E-state index contributed by atoms with van der Waals surface area (Å²) in [5.74, 6) is 2.78.